The zero-order chi connectivity index (χ0) is 18.3. The second-order valence-electron chi connectivity index (χ2n) is 5.57. The Bertz CT molecular complexity index is 596. The molecule has 0 aromatic heterocycles. The maximum Gasteiger partial charge on any atom is 0.211 e. The van der Waals surface area contributed by atoms with Crippen LogP contribution in [0.2, 0.25) is 0 Å². The van der Waals surface area contributed by atoms with Crippen LogP contribution in [0.5, 0.6) is 5.75 Å². The minimum absolute atomic E-state index is 0.486. The van der Waals surface area contributed by atoms with Crippen molar-refractivity contribution in [1.82, 2.24) is 5.32 Å². The minimum Gasteiger partial charge on any atom is -0.487 e. The first kappa shape index (κ1) is 20.7. The van der Waals surface area contributed by atoms with E-state index in [9.17, 15) is 4.79 Å². The van der Waals surface area contributed by atoms with Crippen molar-refractivity contribution in [2.45, 2.75) is 40.2 Å². The highest BCUT2D eigenvalue weighted by atomic mass is 16.5. The zero-order valence-electron chi connectivity index (χ0n) is 15.5. The molecule has 2 rings (SSSR count). The molecule has 2 N–H and O–H groups in total. The topological polar surface area (TPSA) is 50.4 Å². The molecule has 25 heavy (non-hydrogen) atoms. The number of carbonyl (C=O) groups is 1. The predicted octanol–water partition coefficient (Wildman–Crippen LogP) is 4.40. The summed E-state index contributed by atoms with van der Waals surface area (Å²) >= 11 is 0. The monoisotopic (exact) mass is 342 g/mol. The van der Waals surface area contributed by atoms with E-state index < -0.39 is 0 Å². The van der Waals surface area contributed by atoms with E-state index in [2.05, 4.69) is 31.4 Å². The maximum absolute atomic E-state index is 10.6. The molecular weight excluding hydrogens is 312 g/mol. The fraction of sp³-hybridized carbons (Fsp3) is 0.381. The zero-order valence-corrected chi connectivity index (χ0v) is 15.5. The van der Waals surface area contributed by atoms with Gasteiger partial charge in [0.05, 0.1) is 5.69 Å². The predicted molar refractivity (Wildman–Crippen MR) is 105 cm³/mol. The van der Waals surface area contributed by atoms with Gasteiger partial charge in [0, 0.05) is 0 Å². The minimum atomic E-state index is 0.486. The summed E-state index contributed by atoms with van der Waals surface area (Å²) < 4.78 is 5.75. The summed E-state index contributed by atoms with van der Waals surface area (Å²) in [5.41, 5.74) is 2.97. The first-order chi connectivity index (χ1) is 12.2. The molecule has 0 aliphatic carbocycles. The van der Waals surface area contributed by atoms with Crippen LogP contribution >= 0.6 is 0 Å². The van der Waals surface area contributed by atoms with Gasteiger partial charge < -0.3 is 15.4 Å². The van der Waals surface area contributed by atoms with Gasteiger partial charge in [-0.1, -0.05) is 57.2 Å². The lowest BCUT2D eigenvalue weighted by molar-refractivity contribution is -0.105. The Labute approximate surface area is 151 Å². The third-order valence-electron chi connectivity index (χ3n) is 3.58. The first-order valence-corrected chi connectivity index (χ1v) is 8.95. The highest BCUT2D eigenvalue weighted by Crippen LogP contribution is 2.26. The van der Waals surface area contributed by atoms with Crippen LogP contribution in [0.1, 0.15) is 38.3 Å². The molecular formula is C21H30N2O2. The van der Waals surface area contributed by atoms with Crippen molar-refractivity contribution >= 4 is 12.1 Å². The van der Waals surface area contributed by atoms with E-state index in [0.29, 0.717) is 24.5 Å². The highest BCUT2D eigenvalue weighted by molar-refractivity contribution is 5.75. The molecule has 0 fully saturated rings. The van der Waals surface area contributed by atoms with Crippen LogP contribution in [0.15, 0.2) is 48.5 Å². The molecule has 4 heteroatoms. The molecule has 2 aromatic rings. The molecule has 0 heterocycles. The van der Waals surface area contributed by atoms with Gasteiger partial charge in [0.1, 0.15) is 12.4 Å². The van der Waals surface area contributed by atoms with Crippen LogP contribution in [-0.2, 0) is 17.8 Å². The van der Waals surface area contributed by atoms with Crippen molar-refractivity contribution in [2.24, 2.45) is 0 Å². The van der Waals surface area contributed by atoms with E-state index in [1.807, 2.05) is 48.5 Å². The molecule has 4 nitrogen and oxygen atoms in total. The fourth-order valence-electron chi connectivity index (χ4n) is 2.19. The molecule has 1 amide bonds. The summed E-state index contributed by atoms with van der Waals surface area (Å²) in [4.78, 5) is 10.6. The SMILES string of the molecule is CCCNCC.CCc1ccc(OCc2ccccc2)c(NC=O)c1. The van der Waals surface area contributed by atoms with Crippen LogP contribution in [0, 0.1) is 0 Å². The number of hydrogen-bond acceptors (Lipinski definition) is 3. The van der Waals surface area contributed by atoms with Gasteiger partial charge in [-0.15, -0.1) is 0 Å². The second-order valence-corrected chi connectivity index (χ2v) is 5.57. The van der Waals surface area contributed by atoms with Crippen LogP contribution < -0.4 is 15.4 Å². The van der Waals surface area contributed by atoms with Crippen LogP contribution in [0.4, 0.5) is 5.69 Å². The molecule has 0 saturated carbocycles. The smallest absolute Gasteiger partial charge is 0.211 e. The quantitative estimate of drug-likeness (QED) is 0.524. The van der Waals surface area contributed by atoms with Crippen molar-refractivity contribution in [3.63, 3.8) is 0 Å². The molecule has 0 spiro atoms. The summed E-state index contributed by atoms with van der Waals surface area (Å²) in [6, 6.07) is 15.8. The molecule has 136 valence electrons. The maximum atomic E-state index is 10.6. The second kappa shape index (κ2) is 13.0. The Kier molecular flexibility index (Phi) is 10.8. The molecule has 0 bridgehead atoms. The standard InChI is InChI=1S/C16H17NO2.C5H13N/c1-2-13-8-9-16(15(10-13)17-12-18)19-11-14-6-4-3-5-7-14;1-3-5-6-4-2/h3-10,12H,2,11H2,1H3,(H,17,18);6H,3-5H2,1-2H3. The molecule has 0 saturated heterocycles. The van der Waals surface area contributed by atoms with Gasteiger partial charge in [0.15, 0.2) is 0 Å². The third-order valence-corrected chi connectivity index (χ3v) is 3.58. The Morgan fingerprint density at radius 1 is 1.00 bits per heavy atom. The number of anilines is 1. The Balaban J connectivity index is 0.000000450. The number of benzene rings is 2. The summed E-state index contributed by atoms with van der Waals surface area (Å²) in [7, 11) is 0. The van der Waals surface area contributed by atoms with Gasteiger partial charge in [-0.2, -0.15) is 0 Å². The molecule has 0 unspecified atom stereocenters. The van der Waals surface area contributed by atoms with Crippen LogP contribution in [0.25, 0.3) is 0 Å². The molecule has 0 aliphatic rings. The van der Waals surface area contributed by atoms with Gasteiger partial charge in [-0.3, -0.25) is 4.79 Å². The Morgan fingerprint density at radius 2 is 1.76 bits per heavy atom. The van der Waals surface area contributed by atoms with Gasteiger partial charge in [-0.25, -0.2) is 0 Å². The summed E-state index contributed by atoms with van der Waals surface area (Å²) in [6.07, 6.45) is 2.84. The van der Waals surface area contributed by atoms with Crippen molar-refractivity contribution in [3.05, 3.63) is 59.7 Å². The molecule has 0 aliphatic heterocycles. The lowest BCUT2D eigenvalue weighted by Gasteiger charge is -2.12. The van der Waals surface area contributed by atoms with Crippen molar-refractivity contribution < 1.29 is 9.53 Å². The largest absolute Gasteiger partial charge is 0.487 e. The van der Waals surface area contributed by atoms with E-state index >= 15 is 0 Å². The summed E-state index contributed by atoms with van der Waals surface area (Å²) in [6.45, 7) is 9.12. The normalized spacial score (nSPS) is 9.72. The van der Waals surface area contributed by atoms with Gasteiger partial charge in [0.25, 0.3) is 0 Å². The van der Waals surface area contributed by atoms with Gasteiger partial charge >= 0.3 is 0 Å². The molecule has 0 radical (unpaired) electrons. The molecule has 0 atom stereocenters. The number of hydrogen-bond donors (Lipinski definition) is 2. The van der Waals surface area contributed by atoms with Crippen molar-refractivity contribution in [3.8, 4) is 5.75 Å². The lowest BCUT2D eigenvalue weighted by Crippen LogP contribution is -2.12. The van der Waals surface area contributed by atoms with Gasteiger partial charge in [0.2, 0.25) is 6.41 Å². The van der Waals surface area contributed by atoms with E-state index in [0.717, 1.165) is 30.6 Å². The van der Waals surface area contributed by atoms with Crippen LogP contribution in [-0.4, -0.2) is 19.5 Å². The van der Waals surface area contributed by atoms with E-state index in [-0.39, 0.29) is 0 Å². The van der Waals surface area contributed by atoms with E-state index in [1.165, 1.54) is 6.42 Å². The fourth-order valence-corrected chi connectivity index (χ4v) is 2.19. The van der Waals surface area contributed by atoms with Gasteiger partial charge in [-0.05, 0) is 49.2 Å². The summed E-state index contributed by atoms with van der Waals surface area (Å²) in [5, 5.41) is 5.88. The average molecular weight is 342 g/mol. The Hall–Kier alpha value is -2.33. The molecule has 2 aromatic carbocycles. The highest BCUT2D eigenvalue weighted by Gasteiger charge is 2.04. The number of rotatable bonds is 9. The van der Waals surface area contributed by atoms with E-state index in [4.69, 9.17) is 4.74 Å². The third kappa shape index (κ3) is 8.36. The number of ether oxygens (including phenoxy) is 1. The van der Waals surface area contributed by atoms with Crippen LogP contribution in [0.3, 0.4) is 0 Å². The number of carbonyl (C=O) groups excluding carboxylic acids is 1. The summed E-state index contributed by atoms with van der Waals surface area (Å²) in [5.74, 6) is 0.688. The van der Waals surface area contributed by atoms with Crippen molar-refractivity contribution in [2.75, 3.05) is 18.4 Å². The van der Waals surface area contributed by atoms with Crippen molar-refractivity contribution in [1.29, 1.82) is 0 Å². The number of nitrogens with one attached hydrogen (secondary N) is 2. The number of amides is 1. The van der Waals surface area contributed by atoms with E-state index in [1.54, 1.807) is 0 Å². The lowest BCUT2D eigenvalue weighted by atomic mass is 10.1. The Morgan fingerprint density at radius 3 is 2.32 bits per heavy atom. The number of aryl methyl sites for hydroxylation is 1. The average Bonchev–Trinajstić information content (AvgIpc) is 2.67. The first-order valence-electron chi connectivity index (χ1n) is 8.95.